The average molecular weight is 284 g/mol. The molecule has 2 fully saturated rings. The molecule has 108 valence electrons. The molecule has 1 aromatic carbocycles. The maximum absolute atomic E-state index is 12.6. The topological polar surface area (TPSA) is 63.4 Å². The summed E-state index contributed by atoms with van der Waals surface area (Å²) in [6.45, 7) is 1.20. The molecule has 5 heteroatoms. The maximum atomic E-state index is 12.6. The number of nitrogens with zero attached hydrogens (tertiary/aromatic N) is 2. The van der Waals surface area contributed by atoms with E-state index in [2.05, 4.69) is 10.8 Å². The summed E-state index contributed by atoms with van der Waals surface area (Å²) in [5.41, 5.74) is -0.150. The number of Topliss-reactive ketones (excluding diaryl/α,β-unsaturated/α-hetero) is 1. The van der Waals surface area contributed by atoms with Gasteiger partial charge in [-0.05, 0) is 12.8 Å². The standard InChI is InChI=1S/C16H16N2O3/c1-2-10-17-11-9-16(14(17)7-8-15(16)19)12-5-3-4-6-13(12)18(20)21/h1,3-6,14H,7-11H2/t14-,16+/m0/s1. The van der Waals surface area contributed by atoms with Crippen LogP contribution in [0.3, 0.4) is 0 Å². The summed E-state index contributed by atoms with van der Waals surface area (Å²) in [6, 6.07) is 6.61. The lowest BCUT2D eigenvalue weighted by molar-refractivity contribution is -0.386. The minimum absolute atomic E-state index is 0.0119. The Morgan fingerprint density at radius 2 is 2.24 bits per heavy atom. The van der Waals surface area contributed by atoms with E-state index >= 15 is 0 Å². The first-order valence-corrected chi connectivity index (χ1v) is 7.06. The summed E-state index contributed by atoms with van der Waals surface area (Å²) < 4.78 is 0. The van der Waals surface area contributed by atoms with E-state index in [1.807, 2.05) is 0 Å². The van der Waals surface area contributed by atoms with Crippen molar-refractivity contribution in [3.05, 3.63) is 39.9 Å². The monoisotopic (exact) mass is 284 g/mol. The molecule has 0 bridgehead atoms. The van der Waals surface area contributed by atoms with E-state index in [0.717, 1.165) is 6.42 Å². The lowest BCUT2D eigenvalue weighted by Gasteiger charge is -2.30. The number of carbonyl (C=O) groups is 1. The minimum Gasteiger partial charge on any atom is -0.299 e. The van der Waals surface area contributed by atoms with Gasteiger partial charge < -0.3 is 0 Å². The number of nitro benzene ring substituents is 1. The number of rotatable bonds is 3. The molecule has 2 atom stereocenters. The Kier molecular flexibility index (Phi) is 3.26. The molecule has 0 radical (unpaired) electrons. The maximum Gasteiger partial charge on any atom is 0.273 e. The largest absolute Gasteiger partial charge is 0.299 e. The molecule has 1 aliphatic carbocycles. The number of ketones is 1. The smallest absolute Gasteiger partial charge is 0.273 e. The predicted octanol–water partition coefficient (Wildman–Crippen LogP) is 1.90. The molecule has 0 N–H and O–H groups in total. The fourth-order valence-corrected chi connectivity index (χ4v) is 3.98. The van der Waals surface area contributed by atoms with Crippen molar-refractivity contribution >= 4 is 11.5 Å². The number of benzene rings is 1. The Labute approximate surface area is 123 Å². The summed E-state index contributed by atoms with van der Waals surface area (Å²) in [5.74, 6) is 2.74. The molecular weight excluding hydrogens is 268 g/mol. The van der Waals surface area contributed by atoms with Gasteiger partial charge in [-0.2, -0.15) is 0 Å². The molecule has 2 aliphatic rings. The zero-order chi connectivity index (χ0) is 15.0. The summed E-state index contributed by atoms with van der Waals surface area (Å²) in [5, 5.41) is 11.3. The van der Waals surface area contributed by atoms with Gasteiger partial charge in [0.1, 0.15) is 5.78 Å². The van der Waals surface area contributed by atoms with Crippen LogP contribution in [-0.2, 0) is 10.2 Å². The fourth-order valence-electron chi connectivity index (χ4n) is 3.98. The van der Waals surface area contributed by atoms with Crippen LogP contribution in [-0.4, -0.2) is 34.7 Å². The lowest BCUT2D eigenvalue weighted by atomic mass is 9.74. The third-order valence-corrected chi connectivity index (χ3v) is 4.82. The highest BCUT2D eigenvalue weighted by Crippen LogP contribution is 2.50. The molecule has 1 saturated carbocycles. The van der Waals surface area contributed by atoms with E-state index in [9.17, 15) is 14.9 Å². The number of carbonyl (C=O) groups excluding carboxylic acids is 1. The van der Waals surface area contributed by atoms with Crippen molar-refractivity contribution < 1.29 is 9.72 Å². The van der Waals surface area contributed by atoms with Crippen LogP contribution in [0.1, 0.15) is 24.8 Å². The second-order valence-electron chi connectivity index (χ2n) is 5.65. The third-order valence-electron chi connectivity index (χ3n) is 4.82. The molecule has 1 aromatic rings. The van der Waals surface area contributed by atoms with Crippen LogP contribution in [0.4, 0.5) is 5.69 Å². The number of terminal acetylenes is 1. The third kappa shape index (κ3) is 1.87. The van der Waals surface area contributed by atoms with Gasteiger partial charge in [-0.15, -0.1) is 6.42 Å². The molecule has 0 aromatic heterocycles. The van der Waals surface area contributed by atoms with E-state index in [-0.39, 0.29) is 17.5 Å². The SMILES string of the molecule is C#CCN1CC[C@]2(c3ccccc3[N+](=O)[O-])C(=O)CC[C@H]12. The normalized spacial score (nSPS) is 28.3. The van der Waals surface area contributed by atoms with E-state index in [1.165, 1.54) is 6.07 Å². The average Bonchev–Trinajstić information content (AvgIpc) is 3.00. The van der Waals surface area contributed by atoms with Crippen LogP contribution >= 0.6 is 0 Å². The van der Waals surface area contributed by atoms with Gasteiger partial charge in [0, 0.05) is 30.6 Å². The highest BCUT2D eigenvalue weighted by molar-refractivity contribution is 5.95. The second-order valence-corrected chi connectivity index (χ2v) is 5.65. The van der Waals surface area contributed by atoms with Gasteiger partial charge in [-0.3, -0.25) is 19.8 Å². The first kappa shape index (κ1) is 13.8. The van der Waals surface area contributed by atoms with Crippen molar-refractivity contribution in [3.8, 4) is 12.3 Å². The Morgan fingerprint density at radius 1 is 1.48 bits per heavy atom. The van der Waals surface area contributed by atoms with Crippen LogP contribution in [0, 0.1) is 22.5 Å². The van der Waals surface area contributed by atoms with Gasteiger partial charge in [0.25, 0.3) is 5.69 Å². The number of likely N-dealkylation sites (tertiary alicyclic amines) is 1. The summed E-state index contributed by atoms with van der Waals surface area (Å²) in [7, 11) is 0. The molecule has 0 unspecified atom stereocenters. The number of nitro groups is 1. The van der Waals surface area contributed by atoms with Gasteiger partial charge in [-0.1, -0.05) is 24.1 Å². The highest BCUT2D eigenvalue weighted by Gasteiger charge is 2.58. The van der Waals surface area contributed by atoms with Crippen molar-refractivity contribution in [1.29, 1.82) is 0 Å². The molecule has 21 heavy (non-hydrogen) atoms. The van der Waals surface area contributed by atoms with E-state index in [1.54, 1.807) is 18.2 Å². The Hall–Kier alpha value is -2.19. The first-order chi connectivity index (χ1) is 10.1. The first-order valence-electron chi connectivity index (χ1n) is 7.06. The molecule has 1 heterocycles. The van der Waals surface area contributed by atoms with Crippen molar-refractivity contribution in [3.63, 3.8) is 0 Å². The summed E-state index contributed by atoms with van der Waals surface area (Å²) in [4.78, 5) is 25.6. The van der Waals surface area contributed by atoms with E-state index < -0.39 is 10.3 Å². The summed E-state index contributed by atoms with van der Waals surface area (Å²) in [6.07, 6.45) is 7.21. The van der Waals surface area contributed by atoms with Gasteiger partial charge in [-0.25, -0.2) is 0 Å². The molecule has 1 aliphatic heterocycles. The van der Waals surface area contributed by atoms with Gasteiger partial charge >= 0.3 is 0 Å². The van der Waals surface area contributed by atoms with Crippen LogP contribution in [0.25, 0.3) is 0 Å². The van der Waals surface area contributed by atoms with E-state index in [4.69, 9.17) is 6.42 Å². The Bertz CT molecular complexity index is 649. The Balaban J connectivity index is 2.13. The molecule has 1 saturated heterocycles. The van der Waals surface area contributed by atoms with Crippen LogP contribution in [0.5, 0.6) is 0 Å². The van der Waals surface area contributed by atoms with Gasteiger partial charge in [0.05, 0.1) is 16.9 Å². The number of para-hydroxylation sites is 1. The second kappa shape index (κ2) is 4.97. The van der Waals surface area contributed by atoms with Crippen molar-refractivity contribution in [1.82, 2.24) is 4.90 Å². The number of fused-ring (bicyclic) bond motifs is 1. The van der Waals surface area contributed by atoms with Crippen molar-refractivity contribution in [2.24, 2.45) is 0 Å². The number of hydrogen-bond donors (Lipinski definition) is 0. The molecule has 3 rings (SSSR count). The molecule has 5 nitrogen and oxygen atoms in total. The predicted molar refractivity (Wildman–Crippen MR) is 77.8 cm³/mol. The fraction of sp³-hybridized carbons (Fsp3) is 0.438. The van der Waals surface area contributed by atoms with Crippen molar-refractivity contribution in [2.45, 2.75) is 30.7 Å². The zero-order valence-corrected chi connectivity index (χ0v) is 11.6. The van der Waals surface area contributed by atoms with Crippen LogP contribution < -0.4 is 0 Å². The van der Waals surface area contributed by atoms with Crippen molar-refractivity contribution in [2.75, 3.05) is 13.1 Å². The van der Waals surface area contributed by atoms with Gasteiger partial charge in [0.15, 0.2) is 0 Å². The molecular formula is C16H16N2O3. The minimum atomic E-state index is -0.749. The zero-order valence-electron chi connectivity index (χ0n) is 11.6. The van der Waals surface area contributed by atoms with E-state index in [0.29, 0.717) is 31.5 Å². The Morgan fingerprint density at radius 3 is 2.95 bits per heavy atom. The molecule has 0 amide bonds. The van der Waals surface area contributed by atoms with Gasteiger partial charge in [0.2, 0.25) is 0 Å². The quantitative estimate of drug-likeness (QED) is 0.483. The van der Waals surface area contributed by atoms with Crippen LogP contribution in [0.2, 0.25) is 0 Å². The number of hydrogen-bond acceptors (Lipinski definition) is 4. The highest BCUT2D eigenvalue weighted by atomic mass is 16.6. The molecule has 0 spiro atoms. The van der Waals surface area contributed by atoms with Crippen LogP contribution in [0.15, 0.2) is 24.3 Å². The summed E-state index contributed by atoms with van der Waals surface area (Å²) >= 11 is 0. The lowest BCUT2D eigenvalue weighted by Crippen LogP contribution is -2.42.